The number of aryl methyl sites for hydroxylation is 1. The highest BCUT2D eigenvalue weighted by Gasteiger charge is 2.08. The van der Waals surface area contributed by atoms with E-state index in [0.717, 1.165) is 11.3 Å². The molecule has 5 nitrogen and oxygen atoms in total. The number of oxazole rings is 1. The van der Waals surface area contributed by atoms with E-state index in [1.807, 2.05) is 31.2 Å². The molecule has 0 aliphatic heterocycles. The highest BCUT2D eigenvalue weighted by atomic mass is 16.3. The van der Waals surface area contributed by atoms with Crippen LogP contribution < -0.4 is 11.1 Å². The van der Waals surface area contributed by atoms with Crippen molar-refractivity contribution in [3.8, 4) is 11.5 Å². The first-order valence-corrected chi connectivity index (χ1v) is 6.61. The molecule has 1 amide bonds. The van der Waals surface area contributed by atoms with Crippen molar-refractivity contribution in [1.82, 2.24) is 10.3 Å². The quantitative estimate of drug-likeness (QED) is 0.868. The van der Waals surface area contributed by atoms with E-state index in [9.17, 15) is 4.79 Å². The molecule has 0 aliphatic rings. The molecule has 2 rings (SSSR count). The Labute approximate surface area is 118 Å². The number of rotatable bonds is 5. The number of hydrogen-bond donors (Lipinski definition) is 2. The van der Waals surface area contributed by atoms with E-state index in [1.165, 1.54) is 5.56 Å². The highest BCUT2D eigenvalue weighted by Crippen LogP contribution is 2.19. The Kier molecular flexibility index (Phi) is 4.53. The summed E-state index contributed by atoms with van der Waals surface area (Å²) in [5.41, 5.74) is 8.41. The molecule has 0 spiro atoms. The van der Waals surface area contributed by atoms with Gasteiger partial charge in [0, 0.05) is 18.5 Å². The monoisotopic (exact) mass is 273 g/mol. The largest absolute Gasteiger partial charge is 0.444 e. The Bertz CT molecular complexity index is 573. The number of nitrogens with zero attached hydrogens (tertiary/aromatic N) is 1. The molecule has 0 bridgehead atoms. The van der Waals surface area contributed by atoms with Crippen LogP contribution in [0.2, 0.25) is 0 Å². The van der Waals surface area contributed by atoms with Gasteiger partial charge in [0.25, 0.3) is 0 Å². The van der Waals surface area contributed by atoms with E-state index >= 15 is 0 Å². The number of benzene rings is 1. The zero-order valence-corrected chi connectivity index (χ0v) is 11.7. The fourth-order valence-corrected chi connectivity index (χ4v) is 1.73. The van der Waals surface area contributed by atoms with E-state index in [1.54, 1.807) is 13.2 Å². The first-order chi connectivity index (χ1) is 9.56. The van der Waals surface area contributed by atoms with Crippen LogP contribution in [0.3, 0.4) is 0 Å². The minimum absolute atomic E-state index is 0.160. The summed E-state index contributed by atoms with van der Waals surface area (Å²) in [6, 6.07) is 7.49. The Morgan fingerprint density at radius 1 is 1.40 bits per heavy atom. The smallest absolute Gasteiger partial charge is 0.236 e. The Morgan fingerprint density at radius 2 is 2.10 bits per heavy atom. The summed E-state index contributed by atoms with van der Waals surface area (Å²) < 4.78 is 5.45. The van der Waals surface area contributed by atoms with Gasteiger partial charge in [-0.1, -0.05) is 17.7 Å². The zero-order valence-electron chi connectivity index (χ0n) is 11.7. The van der Waals surface area contributed by atoms with Crippen LogP contribution in [0, 0.1) is 6.92 Å². The van der Waals surface area contributed by atoms with Crippen LogP contribution in [0.5, 0.6) is 0 Å². The van der Waals surface area contributed by atoms with Gasteiger partial charge in [0.15, 0.2) is 0 Å². The molecular formula is C15H19N3O2. The Balaban J connectivity index is 1.92. The molecule has 106 valence electrons. The van der Waals surface area contributed by atoms with Crippen LogP contribution in [0.25, 0.3) is 11.5 Å². The molecule has 3 N–H and O–H groups in total. The molecule has 0 fully saturated rings. The van der Waals surface area contributed by atoms with Crippen molar-refractivity contribution in [2.75, 3.05) is 6.54 Å². The van der Waals surface area contributed by atoms with Crippen molar-refractivity contribution in [3.63, 3.8) is 0 Å². The lowest BCUT2D eigenvalue weighted by atomic mass is 10.1. The van der Waals surface area contributed by atoms with Crippen molar-refractivity contribution in [2.45, 2.75) is 26.3 Å². The number of amides is 1. The third-order valence-corrected chi connectivity index (χ3v) is 2.94. The van der Waals surface area contributed by atoms with Crippen LogP contribution in [0.1, 0.15) is 18.2 Å². The number of aromatic nitrogens is 1. The van der Waals surface area contributed by atoms with Crippen molar-refractivity contribution in [1.29, 1.82) is 0 Å². The number of nitrogens with two attached hydrogens (primary N) is 1. The zero-order chi connectivity index (χ0) is 14.5. The summed E-state index contributed by atoms with van der Waals surface area (Å²) in [5.74, 6) is 0.436. The maximum absolute atomic E-state index is 11.3. The van der Waals surface area contributed by atoms with Crippen LogP contribution in [0.15, 0.2) is 34.9 Å². The first kappa shape index (κ1) is 14.3. The van der Waals surface area contributed by atoms with Crippen LogP contribution >= 0.6 is 0 Å². The van der Waals surface area contributed by atoms with Crippen molar-refractivity contribution >= 4 is 5.91 Å². The molecule has 1 aromatic heterocycles. The number of hydrogen-bond acceptors (Lipinski definition) is 4. The van der Waals surface area contributed by atoms with E-state index < -0.39 is 6.04 Å². The Hall–Kier alpha value is -2.14. The van der Waals surface area contributed by atoms with Gasteiger partial charge in [0.1, 0.15) is 6.26 Å². The SMILES string of the molecule is Cc1ccc(-c2nc(CCNC(=O)[C@H](C)N)co2)cc1. The summed E-state index contributed by atoms with van der Waals surface area (Å²) in [6.45, 7) is 4.19. The average Bonchev–Trinajstić information content (AvgIpc) is 2.88. The predicted molar refractivity (Wildman–Crippen MR) is 77.0 cm³/mol. The summed E-state index contributed by atoms with van der Waals surface area (Å²) in [4.78, 5) is 15.7. The van der Waals surface area contributed by atoms with Crippen LogP contribution in [-0.2, 0) is 11.2 Å². The van der Waals surface area contributed by atoms with Gasteiger partial charge in [0.2, 0.25) is 11.8 Å². The van der Waals surface area contributed by atoms with E-state index in [2.05, 4.69) is 10.3 Å². The van der Waals surface area contributed by atoms with Crippen molar-refractivity contribution in [2.24, 2.45) is 5.73 Å². The second-order valence-corrected chi connectivity index (χ2v) is 4.84. The van der Waals surface area contributed by atoms with Gasteiger partial charge < -0.3 is 15.5 Å². The molecule has 0 saturated carbocycles. The molecule has 0 unspecified atom stereocenters. The third-order valence-electron chi connectivity index (χ3n) is 2.94. The third kappa shape index (κ3) is 3.68. The van der Waals surface area contributed by atoms with Gasteiger partial charge in [-0.05, 0) is 26.0 Å². The first-order valence-electron chi connectivity index (χ1n) is 6.61. The van der Waals surface area contributed by atoms with E-state index in [-0.39, 0.29) is 5.91 Å². The molecular weight excluding hydrogens is 254 g/mol. The van der Waals surface area contributed by atoms with Crippen molar-refractivity contribution < 1.29 is 9.21 Å². The summed E-state index contributed by atoms with van der Waals surface area (Å²) in [5, 5.41) is 2.74. The van der Waals surface area contributed by atoms with E-state index in [0.29, 0.717) is 18.9 Å². The fourth-order valence-electron chi connectivity index (χ4n) is 1.73. The lowest BCUT2D eigenvalue weighted by Gasteiger charge is -2.05. The second-order valence-electron chi connectivity index (χ2n) is 4.84. The van der Waals surface area contributed by atoms with Gasteiger partial charge in [-0.2, -0.15) is 0 Å². The van der Waals surface area contributed by atoms with Crippen molar-refractivity contribution in [3.05, 3.63) is 41.8 Å². The normalized spacial score (nSPS) is 12.2. The van der Waals surface area contributed by atoms with Gasteiger partial charge in [-0.3, -0.25) is 4.79 Å². The van der Waals surface area contributed by atoms with Crippen LogP contribution in [-0.4, -0.2) is 23.5 Å². The van der Waals surface area contributed by atoms with Gasteiger partial charge >= 0.3 is 0 Å². The van der Waals surface area contributed by atoms with Gasteiger partial charge in [-0.15, -0.1) is 0 Å². The highest BCUT2D eigenvalue weighted by molar-refractivity contribution is 5.80. The molecule has 0 radical (unpaired) electrons. The lowest BCUT2D eigenvalue weighted by molar-refractivity contribution is -0.121. The molecule has 1 aromatic carbocycles. The van der Waals surface area contributed by atoms with Gasteiger partial charge in [-0.25, -0.2) is 4.98 Å². The fraction of sp³-hybridized carbons (Fsp3) is 0.333. The van der Waals surface area contributed by atoms with Gasteiger partial charge in [0.05, 0.1) is 11.7 Å². The molecule has 5 heteroatoms. The summed E-state index contributed by atoms with van der Waals surface area (Å²) >= 11 is 0. The summed E-state index contributed by atoms with van der Waals surface area (Å²) in [7, 11) is 0. The molecule has 0 aliphatic carbocycles. The van der Waals surface area contributed by atoms with Crippen LogP contribution in [0.4, 0.5) is 0 Å². The maximum Gasteiger partial charge on any atom is 0.236 e. The molecule has 1 atom stereocenters. The molecule has 2 aromatic rings. The lowest BCUT2D eigenvalue weighted by Crippen LogP contribution is -2.39. The topological polar surface area (TPSA) is 81.2 Å². The minimum atomic E-state index is -0.490. The molecule has 20 heavy (non-hydrogen) atoms. The standard InChI is InChI=1S/C15H19N3O2/c1-10-3-5-12(6-4-10)15-18-13(9-20-15)7-8-17-14(19)11(2)16/h3-6,9,11H,7-8,16H2,1-2H3,(H,17,19)/t11-/m0/s1. The maximum atomic E-state index is 11.3. The Morgan fingerprint density at radius 3 is 2.75 bits per heavy atom. The van der Waals surface area contributed by atoms with E-state index in [4.69, 9.17) is 10.2 Å². The number of carbonyl (C=O) groups is 1. The predicted octanol–water partition coefficient (Wildman–Crippen LogP) is 1.66. The molecule has 1 heterocycles. The summed E-state index contributed by atoms with van der Waals surface area (Å²) in [6.07, 6.45) is 2.24. The molecule has 0 saturated heterocycles. The number of carbonyl (C=O) groups excluding carboxylic acids is 1. The minimum Gasteiger partial charge on any atom is -0.444 e. The second kappa shape index (κ2) is 6.34. The average molecular weight is 273 g/mol. The number of nitrogens with one attached hydrogen (secondary N) is 1.